The van der Waals surface area contributed by atoms with Gasteiger partial charge in [-0.2, -0.15) is 17.5 Å². The van der Waals surface area contributed by atoms with Gasteiger partial charge in [-0.1, -0.05) is 36.8 Å². The second kappa shape index (κ2) is 9.13. The highest BCUT2D eigenvalue weighted by Crippen LogP contribution is 2.28. The minimum atomic E-state index is -5.25. The van der Waals surface area contributed by atoms with Crippen LogP contribution in [0.25, 0.3) is 0 Å². The van der Waals surface area contributed by atoms with Crippen LogP contribution in [-0.2, 0) is 10.0 Å². The average molecular weight is 421 g/mol. The summed E-state index contributed by atoms with van der Waals surface area (Å²) >= 11 is 0. The Labute approximate surface area is 164 Å². The number of hydrogen-bond donors (Lipinski definition) is 2. The summed E-state index contributed by atoms with van der Waals surface area (Å²) in [5.74, 6) is 0.800. The van der Waals surface area contributed by atoms with Crippen molar-refractivity contribution in [1.82, 2.24) is 14.9 Å². The lowest BCUT2D eigenvalue weighted by Crippen LogP contribution is -2.52. The molecule has 1 aromatic rings. The molecule has 0 saturated carbocycles. The molecule has 158 valence electrons. The first-order valence-electron chi connectivity index (χ1n) is 9.14. The van der Waals surface area contributed by atoms with Gasteiger partial charge in [0.05, 0.1) is 0 Å². The van der Waals surface area contributed by atoms with E-state index in [0.717, 1.165) is 0 Å². The predicted molar refractivity (Wildman–Crippen MR) is 104 cm³/mol. The fourth-order valence-electron chi connectivity index (χ4n) is 3.12. The van der Waals surface area contributed by atoms with E-state index in [9.17, 15) is 21.6 Å². The first-order chi connectivity index (χ1) is 13.0. The quantitative estimate of drug-likeness (QED) is 0.567. The van der Waals surface area contributed by atoms with Crippen molar-refractivity contribution in [2.24, 2.45) is 4.99 Å². The lowest BCUT2D eigenvalue weighted by Gasteiger charge is -2.32. The third-order valence-corrected chi connectivity index (χ3v) is 6.47. The summed E-state index contributed by atoms with van der Waals surface area (Å²) < 4.78 is 61.4. The highest BCUT2D eigenvalue weighted by atomic mass is 32.2. The first-order valence-corrected chi connectivity index (χ1v) is 10.6. The topological polar surface area (TPSA) is 73.8 Å². The number of sulfonamides is 1. The van der Waals surface area contributed by atoms with Crippen molar-refractivity contribution in [1.29, 1.82) is 0 Å². The summed E-state index contributed by atoms with van der Waals surface area (Å²) in [6.45, 7) is 4.43. The third-order valence-electron chi connectivity index (χ3n) is 4.84. The third kappa shape index (κ3) is 5.60. The number of aryl methyl sites for hydroxylation is 1. The molecule has 0 radical (unpaired) electrons. The number of hydrogen-bond acceptors (Lipinski definition) is 3. The van der Waals surface area contributed by atoms with Gasteiger partial charge in [0.1, 0.15) is 0 Å². The Kier molecular flexibility index (Phi) is 7.33. The van der Waals surface area contributed by atoms with Crippen molar-refractivity contribution in [2.45, 2.75) is 44.2 Å². The number of guanidine groups is 1. The second-order valence-electron chi connectivity index (χ2n) is 7.04. The lowest BCUT2D eigenvalue weighted by molar-refractivity contribution is -0.0494. The van der Waals surface area contributed by atoms with Gasteiger partial charge in [0.2, 0.25) is 0 Å². The molecule has 1 saturated heterocycles. The van der Waals surface area contributed by atoms with Gasteiger partial charge in [-0.05, 0) is 31.2 Å². The van der Waals surface area contributed by atoms with E-state index < -0.39 is 15.5 Å². The molecule has 2 rings (SSSR count). The van der Waals surface area contributed by atoms with Crippen molar-refractivity contribution < 1.29 is 21.6 Å². The second-order valence-corrected chi connectivity index (χ2v) is 8.97. The van der Waals surface area contributed by atoms with Gasteiger partial charge in [-0.25, -0.2) is 8.42 Å². The number of aliphatic imine (C=N–C) groups is 1. The van der Waals surface area contributed by atoms with E-state index in [-0.39, 0.29) is 37.9 Å². The largest absolute Gasteiger partial charge is 0.511 e. The van der Waals surface area contributed by atoms with Crippen molar-refractivity contribution in [3.63, 3.8) is 0 Å². The number of rotatable bonds is 5. The normalized spacial score (nSPS) is 18.7. The summed E-state index contributed by atoms with van der Waals surface area (Å²) in [6, 6.07) is 8.10. The Morgan fingerprint density at radius 2 is 1.96 bits per heavy atom. The van der Waals surface area contributed by atoms with Crippen LogP contribution in [0.1, 0.15) is 36.8 Å². The number of benzene rings is 1. The minimum Gasteiger partial charge on any atom is -0.356 e. The maximum Gasteiger partial charge on any atom is 0.511 e. The van der Waals surface area contributed by atoms with E-state index in [4.69, 9.17) is 0 Å². The molecule has 0 amide bonds. The first kappa shape index (κ1) is 22.5. The molecule has 1 aromatic carbocycles. The molecule has 1 aliphatic heterocycles. The monoisotopic (exact) mass is 420 g/mol. The number of nitrogens with zero attached hydrogens (tertiary/aromatic N) is 2. The molecule has 0 bridgehead atoms. The lowest BCUT2D eigenvalue weighted by atomic mass is 9.99. The SMILES string of the molecule is CN=C(NCC(C)c1cccc(C)c1)NC1CCN(S(=O)(=O)C(F)(F)F)CC1. The van der Waals surface area contributed by atoms with Gasteiger partial charge in [0, 0.05) is 32.7 Å². The Hall–Kier alpha value is -1.81. The fraction of sp³-hybridized carbons (Fsp3) is 0.611. The van der Waals surface area contributed by atoms with E-state index >= 15 is 0 Å². The minimum absolute atomic E-state index is 0.139. The van der Waals surface area contributed by atoms with Gasteiger partial charge in [0.25, 0.3) is 0 Å². The van der Waals surface area contributed by atoms with Crippen LogP contribution in [-0.4, -0.2) is 56.9 Å². The van der Waals surface area contributed by atoms with Crippen LogP contribution in [0, 0.1) is 6.92 Å². The van der Waals surface area contributed by atoms with Gasteiger partial charge < -0.3 is 10.6 Å². The van der Waals surface area contributed by atoms with Gasteiger partial charge in [-0.3, -0.25) is 4.99 Å². The summed E-state index contributed by atoms with van der Waals surface area (Å²) in [5.41, 5.74) is -2.86. The van der Waals surface area contributed by atoms with Crippen molar-refractivity contribution in [3.05, 3.63) is 35.4 Å². The number of nitrogens with one attached hydrogen (secondary N) is 2. The van der Waals surface area contributed by atoms with Crippen LogP contribution in [0.15, 0.2) is 29.3 Å². The molecule has 2 N–H and O–H groups in total. The van der Waals surface area contributed by atoms with Gasteiger partial charge in [0.15, 0.2) is 5.96 Å². The maximum atomic E-state index is 12.6. The number of piperidine rings is 1. The molecular weight excluding hydrogens is 393 g/mol. The molecule has 0 aliphatic carbocycles. The molecular formula is C18H27F3N4O2S. The van der Waals surface area contributed by atoms with Crippen LogP contribution >= 0.6 is 0 Å². The van der Waals surface area contributed by atoms with Crippen LogP contribution < -0.4 is 10.6 Å². The molecule has 1 heterocycles. The maximum absolute atomic E-state index is 12.6. The predicted octanol–water partition coefficient (Wildman–Crippen LogP) is 2.58. The van der Waals surface area contributed by atoms with E-state index in [2.05, 4.69) is 34.7 Å². The van der Waals surface area contributed by atoms with Crippen LogP contribution in [0.5, 0.6) is 0 Å². The Morgan fingerprint density at radius 3 is 2.50 bits per heavy atom. The van der Waals surface area contributed by atoms with Crippen LogP contribution in [0.2, 0.25) is 0 Å². The van der Waals surface area contributed by atoms with Crippen molar-refractivity contribution in [3.8, 4) is 0 Å². The van der Waals surface area contributed by atoms with Gasteiger partial charge >= 0.3 is 15.5 Å². The Morgan fingerprint density at radius 1 is 1.32 bits per heavy atom. The number of halogens is 3. The molecule has 1 atom stereocenters. The van der Waals surface area contributed by atoms with Crippen molar-refractivity contribution >= 4 is 16.0 Å². The summed E-state index contributed by atoms with van der Waals surface area (Å²) in [7, 11) is -3.63. The average Bonchev–Trinajstić information content (AvgIpc) is 2.64. The zero-order valence-corrected chi connectivity index (χ0v) is 17.1. The fourth-order valence-corrected chi connectivity index (χ4v) is 4.10. The molecule has 1 unspecified atom stereocenters. The smallest absolute Gasteiger partial charge is 0.356 e. The standard InChI is InChI=1S/C18H27F3N4O2S/c1-13-5-4-6-15(11-13)14(2)12-23-17(22-3)24-16-7-9-25(10-8-16)28(26,27)18(19,20)21/h4-6,11,14,16H,7-10,12H2,1-3H3,(H2,22,23,24). The highest BCUT2D eigenvalue weighted by molar-refractivity contribution is 7.90. The molecule has 6 nitrogen and oxygen atoms in total. The zero-order chi connectivity index (χ0) is 20.9. The van der Waals surface area contributed by atoms with E-state index in [1.165, 1.54) is 11.1 Å². The Bertz CT molecular complexity index is 788. The molecule has 1 fully saturated rings. The summed E-state index contributed by atoms with van der Waals surface area (Å²) in [4.78, 5) is 4.15. The van der Waals surface area contributed by atoms with E-state index in [1.54, 1.807) is 7.05 Å². The number of alkyl halides is 3. The van der Waals surface area contributed by atoms with E-state index in [0.29, 0.717) is 16.8 Å². The molecule has 10 heteroatoms. The zero-order valence-electron chi connectivity index (χ0n) is 16.3. The van der Waals surface area contributed by atoms with Crippen LogP contribution in [0.4, 0.5) is 13.2 Å². The molecule has 28 heavy (non-hydrogen) atoms. The van der Waals surface area contributed by atoms with Crippen molar-refractivity contribution in [2.75, 3.05) is 26.7 Å². The van der Waals surface area contributed by atoms with Gasteiger partial charge in [-0.15, -0.1) is 0 Å². The molecule has 1 aliphatic rings. The highest BCUT2D eigenvalue weighted by Gasteiger charge is 2.50. The Balaban J connectivity index is 1.84. The summed E-state index contributed by atoms with van der Waals surface area (Å²) in [6.07, 6.45) is 0.562. The molecule has 0 aromatic heterocycles. The summed E-state index contributed by atoms with van der Waals surface area (Å²) in [5, 5.41) is 6.40. The van der Waals surface area contributed by atoms with Crippen LogP contribution in [0.3, 0.4) is 0 Å². The molecule has 0 spiro atoms. The van der Waals surface area contributed by atoms with E-state index in [1.807, 2.05) is 19.1 Å².